The van der Waals surface area contributed by atoms with Crippen LogP contribution in [0.1, 0.15) is 28.7 Å². The van der Waals surface area contributed by atoms with Gasteiger partial charge in [-0.2, -0.15) is 0 Å². The van der Waals surface area contributed by atoms with Gasteiger partial charge in [0, 0.05) is 42.1 Å². The van der Waals surface area contributed by atoms with Crippen LogP contribution in [0.3, 0.4) is 0 Å². The van der Waals surface area contributed by atoms with Crippen molar-refractivity contribution >= 4 is 40.0 Å². The van der Waals surface area contributed by atoms with Gasteiger partial charge in [0.05, 0.1) is 16.3 Å². The Balaban J connectivity index is 1.43. The van der Waals surface area contributed by atoms with Crippen molar-refractivity contribution < 1.29 is 9.59 Å². The number of anilines is 1. The summed E-state index contributed by atoms with van der Waals surface area (Å²) in [6, 6.07) is 17.5. The van der Waals surface area contributed by atoms with Gasteiger partial charge in [-0.3, -0.25) is 9.59 Å². The van der Waals surface area contributed by atoms with Crippen LogP contribution in [-0.2, 0) is 18.3 Å². The van der Waals surface area contributed by atoms with Crippen LogP contribution >= 0.6 is 11.8 Å². The summed E-state index contributed by atoms with van der Waals surface area (Å²) < 4.78 is 1.71. The number of imidazole rings is 1. The maximum absolute atomic E-state index is 13.2. The van der Waals surface area contributed by atoms with Crippen molar-refractivity contribution in [3.63, 3.8) is 0 Å². The lowest BCUT2D eigenvalue weighted by atomic mass is 10.1. The number of ketones is 1. The molecule has 0 bridgehead atoms. The number of fused-ring (bicyclic) bond motifs is 2. The summed E-state index contributed by atoms with van der Waals surface area (Å²) in [5.41, 5.74) is 3.45. The monoisotopic (exact) mass is 442 g/mol. The summed E-state index contributed by atoms with van der Waals surface area (Å²) in [4.78, 5) is 37.1. The summed E-state index contributed by atoms with van der Waals surface area (Å²) in [5, 5.41) is 1.42. The van der Waals surface area contributed by atoms with Gasteiger partial charge in [0.2, 0.25) is 11.7 Å². The Morgan fingerprint density at radius 2 is 1.91 bits per heavy atom. The summed E-state index contributed by atoms with van der Waals surface area (Å²) in [5.74, 6) is 0.502. The van der Waals surface area contributed by atoms with Gasteiger partial charge in [0.25, 0.3) is 0 Å². The molecule has 5 rings (SSSR count). The summed E-state index contributed by atoms with van der Waals surface area (Å²) in [6.07, 6.45) is 4.23. The fourth-order valence-electron chi connectivity index (χ4n) is 4.27. The Morgan fingerprint density at radius 1 is 1.12 bits per heavy atom. The summed E-state index contributed by atoms with van der Waals surface area (Å²) in [6.45, 7) is 2.07. The predicted molar refractivity (Wildman–Crippen MR) is 126 cm³/mol. The van der Waals surface area contributed by atoms with Gasteiger partial charge >= 0.3 is 0 Å². The number of hydrogen-bond donors (Lipinski definition) is 0. The molecule has 1 atom stereocenters. The van der Waals surface area contributed by atoms with E-state index in [9.17, 15) is 9.59 Å². The van der Waals surface area contributed by atoms with Gasteiger partial charge in [-0.15, -0.1) is 0 Å². The Kier molecular flexibility index (Phi) is 5.27. The molecular formula is C25H22N4O2S. The number of aromatic nitrogens is 3. The number of aryl methyl sites for hydroxylation is 1. The number of amides is 1. The molecule has 0 spiro atoms. The van der Waals surface area contributed by atoms with Gasteiger partial charge in [-0.25, -0.2) is 9.97 Å². The van der Waals surface area contributed by atoms with Crippen LogP contribution in [0, 0.1) is 0 Å². The molecular weight excluding hydrogens is 420 g/mol. The Labute approximate surface area is 190 Å². The number of rotatable bonds is 5. The Bertz CT molecular complexity index is 1350. The molecule has 1 aliphatic heterocycles. The highest BCUT2D eigenvalue weighted by Crippen LogP contribution is 2.33. The predicted octanol–water partition coefficient (Wildman–Crippen LogP) is 4.27. The van der Waals surface area contributed by atoms with Crippen LogP contribution in [0.25, 0.3) is 10.9 Å². The van der Waals surface area contributed by atoms with E-state index in [-0.39, 0.29) is 23.5 Å². The fraction of sp³-hybridized carbons (Fsp3) is 0.200. The van der Waals surface area contributed by atoms with Crippen molar-refractivity contribution in [1.29, 1.82) is 0 Å². The fourth-order valence-corrected chi connectivity index (χ4v) is 5.04. The third-order valence-corrected chi connectivity index (χ3v) is 6.68. The molecule has 1 amide bonds. The molecule has 1 aliphatic rings. The van der Waals surface area contributed by atoms with Crippen LogP contribution in [0.15, 0.2) is 72.0 Å². The third-order valence-electron chi connectivity index (χ3n) is 5.78. The van der Waals surface area contributed by atoms with Crippen molar-refractivity contribution in [2.45, 2.75) is 24.4 Å². The first kappa shape index (κ1) is 20.5. The van der Waals surface area contributed by atoms with Crippen molar-refractivity contribution in [3.8, 4) is 0 Å². The lowest BCUT2D eigenvalue weighted by Crippen LogP contribution is -2.37. The van der Waals surface area contributed by atoms with Gasteiger partial charge in [0.15, 0.2) is 5.82 Å². The van der Waals surface area contributed by atoms with Crippen LogP contribution in [0.2, 0.25) is 0 Å². The number of thioether (sulfide) groups is 1. The van der Waals surface area contributed by atoms with Crippen molar-refractivity contribution in [1.82, 2.24) is 14.5 Å². The van der Waals surface area contributed by atoms with Crippen LogP contribution in [-0.4, -0.2) is 38.0 Å². The Morgan fingerprint density at radius 3 is 2.72 bits per heavy atom. The molecule has 4 aromatic rings. The van der Waals surface area contributed by atoms with E-state index in [2.05, 4.69) is 18.0 Å². The second-order valence-corrected chi connectivity index (χ2v) is 8.95. The third kappa shape index (κ3) is 3.58. The van der Waals surface area contributed by atoms with E-state index in [0.29, 0.717) is 16.4 Å². The minimum atomic E-state index is -0.161. The quantitative estimate of drug-likeness (QED) is 0.341. The maximum atomic E-state index is 13.2. The molecule has 0 fully saturated rings. The highest BCUT2D eigenvalue weighted by atomic mass is 32.2. The number of pyridine rings is 1. The highest BCUT2D eigenvalue weighted by Gasteiger charge is 2.30. The lowest BCUT2D eigenvalue weighted by molar-refractivity contribution is -0.116. The molecule has 0 saturated carbocycles. The van der Waals surface area contributed by atoms with Gasteiger partial charge < -0.3 is 9.47 Å². The average molecular weight is 443 g/mol. The number of benzene rings is 2. The molecule has 0 saturated heterocycles. The molecule has 0 aliphatic carbocycles. The van der Waals surface area contributed by atoms with E-state index in [0.717, 1.165) is 23.0 Å². The topological polar surface area (TPSA) is 68.1 Å². The minimum Gasteiger partial charge on any atom is -0.331 e. The number of carbonyl (C=O) groups excluding carboxylic acids is 2. The zero-order chi connectivity index (χ0) is 22.2. The second kappa shape index (κ2) is 8.24. The summed E-state index contributed by atoms with van der Waals surface area (Å²) >= 11 is 1.36. The first-order valence-corrected chi connectivity index (χ1v) is 11.5. The molecule has 7 heteroatoms. The number of hydrogen-bond acceptors (Lipinski definition) is 5. The van der Waals surface area contributed by atoms with E-state index in [4.69, 9.17) is 4.98 Å². The second-order valence-electron chi connectivity index (χ2n) is 7.95. The average Bonchev–Trinajstić information content (AvgIpc) is 3.38. The highest BCUT2D eigenvalue weighted by molar-refractivity contribution is 7.99. The van der Waals surface area contributed by atoms with E-state index < -0.39 is 0 Å². The van der Waals surface area contributed by atoms with Gasteiger partial charge in [-0.1, -0.05) is 48.2 Å². The first-order valence-electron chi connectivity index (χ1n) is 10.5. The Hall–Kier alpha value is -3.45. The maximum Gasteiger partial charge on any atom is 0.237 e. The lowest BCUT2D eigenvalue weighted by Gasteiger charge is -2.22. The standard InChI is InChI=1S/C25H22N4O2S/c1-16-13-17-7-3-6-10-21(17)29(16)23(30)15-32-22-14-19(18-8-4-5-9-20(18)27-22)24(31)25-26-11-12-28(25)2/h3-12,14,16H,13,15H2,1-2H3. The molecule has 6 nitrogen and oxygen atoms in total. The van der Waals surface area contributed by atoms with Crippen LogP contribution in [0.4, 0.5) is 5.69 Å². The number of para-hydroxylation sites is 2. The van der Waals surface area contributed by atoms with Crippen LogP contribution in [0.5, 0.6) is 0 Å². The van der Waals surface area contributed by atoms with Crippen LogP contribution < -0.4 is 4.90 Å². The van der Waals surface area contributed by atoms with E-state index in [1.807, 2.05) is 47.4 Å². The van der Waals surface area contributed by atoms with E-state index >= 15 is 0 Å². The van der Waals surface area contributed by atoms with Gasteiger partial charge in [0.1, 0.15) is 0 Å². The molecule has 3 heterocycles. The van der Waals surface area contributed by atoms with E-state index in [1.165, 1.54) is 17.3 Å². The molecule has 2 aromatic carbocycles. The van der Waals surface area contributed by atoms with Crippen molar-refractivity contribution in [3.05, 3.63) is 83.9 Å². The minimum absolute atomic E-state index is 0.0411. The van der Waals surface area contributed by atoms with Crippen molar-refractivity contribution in [2.24, 2.45) is 7.05 Å². The molecule has 2 aromatic heterocycles. The largest absolute Gasteiger partial charge is 0.331 e. The van der Waals surface area contributed by atoms with E-state index in [1.54, 1.807) is 30.1 Å². The normalized spacial score (nSPS) is 15.2. The first-order chi connectivity index (χ1) is 15.5. The molecule has 0 N–H and O–H groups in total. The van der Waals surface area contributed by atoms with Crippen molar-refractivity contribution in [2.75, 3.05) is 10.7 Å². The zero-order valence-electron chi connectivity index (χ0n) is 17.9. The smallest absolute Gasteiger partial charge is 0.237 e. The number of carbonyl (C=O) groups is 2. The SMILES string of the molecule is CC1Cc2ccccc2N1C(=O)CSc1cc(C(=O)c2nccn2C)c2ccccc2n1. The molecule has 160 valence electrons. The molecule has 0 radical (unpaired) electrons. The molecule has 1 unspecified atom stereocenters. The molecule has 32 heavy (non-hydrogen) atoms. The summed E-state index contributed by atoms with van der Waals surface area (Å²) in [7, 11) is 1.80. The van der Waals surface area contributed by atoms with Gasteiger partial charge in [-0.05, 0) is 37.1 Å². The number of nitrogens with zero attached hydrogens (tertiary/aromatic N) is 4. The zero-order valence-corrected chi connectivity index (χ0v) is 18.7.